The zero-order valence-electron chi connectivity index (χ0n) is 26.8. The predicted octanol–water partition coefficient (Wildman–Crippen LogP) is 4.51. The van der Waals surface area contributed by atoms with Crippen LogP contribution in [0.2, 0.25) is 0 Å². The Kier molecular flexibility index (Phi) is 10.9. The first-order valence-corrected chi connectivity index (χ1v) is 15.2. The zero-order valence-corrected chi connectivity index (χ0v) is 27.6. The number of carboxylic acid groups (broad SMARTS) is 1. The number of pyridine rings is 1. The molecule has 1 atom stereocenters. The van der Waals surface area contributed by atoms with Crippen LogP contribution in [0, 0.1) is 11.3 Å². The normalized spacial score (nSPS) is 18.1. The van der Waals surface area contributed by atoms with Gasteiger partial charge < -0.3 is 14.7 Å². The number of hydrogen-bond donors (Lipinski definition) is 1. The van der Waals surface area contributed by atoms with E-state index in [0.717, 1.165) is 22.1 Å². The molecule has 0 bridgehead atoms. The summed E-state index contributed by atoms with van der Waals surface area (Å²) >= 11 is 5.46. The van der Waals surface area contributed by atoms with Crippen LogP contribution in [0.1, 0.15) is 37.6 Å². The molecule has 4 rings (SSSR count). The molecule has 0 saturated carbocycles. The third-order valence-corrected chi connectivity index (χ3v) is 8.63. The molecule has 12 nitrogen and oxygen atoms in total. The van der Waals surface area contributed by atoms with Crippen molar-refractivity contribution in [3.63, 3.8) is 0 Å². The predicted molar refractivity (Wildman–Crippen MR) is 164 cm³/mol. The number of piperazine rings is 1. The number of aromatic nitrogens is 1. The number of halogens is 8. The molecule has 51 heavy (non-hydrogen) atoms. The maximum atomic E-state index is 14.9. The molecule has 1 aromatic heterocycles. The molecule has 0 radical (unpaired) electrons. The molecule has 1 unspecified atom stereocenters. The highest BCUT2D eigenvalue weighted by atomic mass is 32.1. The Labute approximate surface area is 289 Å². The lowest BCUT2D eigenvalue weighted by molar-refractivity contribution is -0.222. The number of carbonyl (C=O) groups excluding carboxylic acids is 2. The molecular formula is C30H28F8N6O6S. The van der Waals surface area contributed by atoms with E-state index in [0.29, 0.717) is 13.0 Å². The summed E-state index contributed by atoms with van der Waals surface area (Å²) in [6.45, 7) is 2.63. The van der Waals surface area contributed by atoms with Crippen molar-refractivity contribution in [2.75, 3.05) is 49.1 Å². The van der Waals surface area contributed by atoms with Crippen LogP contribution in [0.5, 0.6) is 5.75 Å². The molecule has 21 heteroatoms. The van der Waals surface area contributed by atoms with Crippen LogP contribution < -0.4 is 14.5 Å². The fourth-order valence-electron chi connectivity index (χ4n) is 5.70. The summed E-state index contributed by atoms with van der Waals surface area (Å²) in [6.07, 6.45) is -4.13. The van der Waals surface area contributed by atoms with Crippen molar-refractivity contribution in [2.24, 2.45) is 0 Å². The lowest BCUT2D eigenvalue weighted by Crippen LogP contribution is -2.61. The summed E-state index contributed by atoms with van der Waals surface area (Å²) in [5, 5.41) is 18.0. The molecule has 1 aromatic carbocycles. The van der Waals surface area contributed by atoms with Crippen molar-refractivity contribution in [1.82, 2.24) is 14.8 Å². The van der Waals surface area contributed by atoms with Crippen molar-refractivity contribution in [2.45, 2.75) is 50.4 Å². The highest BCUT2D eigenvalue weighted by Gasteiger charge is 2.57. The number of benzene rings is 1. The van der Waals surface area contributed by atoms with Crippen LogP contribution in [0.25, 0.3) is 0 Å². The van der Waals surface area contributed by atoms with E-state index in [1.54, 1.807) is 4.90 Å². The van der Waals surface area contributed by atoms with Gasteiger partial charge >= 0.3 is 24.0 Å². The maximum absolute atomic E-state index is 14.9. The second kappa shape index (κ2) is 14.1. The molecular weight excluding hydrogens is 724 g/mol. The maximum Gasteiger partial charge on any atom is 0.419 e. The summed E-state index contributed by atoms with van der Waals surface area (Å²) in [6, 6.07) is 2.68. The van der Waals surface area contributed by atoms with Crippen LogP contribution in [0.3, 0.4) is 0 Å². The van der Waals surface area contributed by atoms with E-state index in [1.807, 2.05) is 0 Å². The molecule has 0 spiro atoms. The van der Waals surface area contributed by atoms with Gasteiger partial charge in [-0.05, 0) is 50.3 Å². The van der Waals surface area contributed by atoms with Crippen LogP contribution in [0.4, 0.5) is 46.6 Å². The number of aliphatic carboxylic acids is 1. The molecule has 2 saturated heterocycles. The number of amides is 1. The van der Waals surface area contributed by atoms with Crippen LogP contribution in [0.15, 0.2) is 30.5 Å². The molecule has 1 N–H and O–H groups in total. The zero-order chi connectivity index (χ0) is 38.3. The number of thiocarbonyl (C=S) groups is 1. The number of nitriles is 1. The molecule has 276 valence electrons. The fourth-order valence-corrected chi connectivity index (χ4v) is 6.22. The summed E-state index contributed by atoms with van der Waals surface area (Å²) in [5.41, 5.74) is -4.99. The lowest BCUT2D eigenvalue weighted by atomic mass is 10.0. The third-order valence-electron chi connectivity index (χ3n) is 8.26. The van der Waals surface area contributed by atoms with Gasteiger partial charge in [-0.25, -0.2) is 23.5 Å². The van der Waals surface area contributed by atoms with Crippen molar-refractivity contribution in [3.05, 3.63) is 47.3 Å². The Morgan fingerprint density at radius 1 is 1.06 bits per heavy atom. The van der Waals surface area contributed by atoms with Gasteiger partial charge in [0, 0.05) is 49.9 Å². The fraction of sp³-hybridized carbons (Fsp3) is 0.467. The van der Waals surface area contributed by atoms with Gasteiger partial charge in [0.1, 0.15) is 24.0 Å². The van der Waals surface area contributed by atoms with Gasteiger partial charge in [-0.2, -0.15) is 27.2 Å². The molecule has 0 aliphatic carbocycles. The Balaban J connectivity index is 1.51. The number of hydrogen-bond acceptors (Lipinski definition) is 10. The van der Waals surface area contributed by atoms with Gasteiger partial charge in [0.25, 0.3) is 11.8 Å². The molecule has 2 fully saturated rings. The second-order valence-corrected chi connectivity index (χ2v) is 12.4. The minimum atomic E-state index is -4.99. The van der Waals surface area contributed by atoms with E-state index >= 15 is 0 Å². The minimum absolute atomic E-state index is 0.00510. The Bertz CT molecular complexity index is 1760. The van der Waals surface area contributed by atoms with Crippen LogP contribution >= 0.6 is 12.2 Å². The third kappa shape index (κ3) is 7.67. The summed E-state index contributed by atoms with van der Waals surface area (Å²) in [7, 11) is 0. The lowest BCUT2D eigenvalue weighted by Gasteiger charge is -2.38. The van der Waals surface area contributed by atoms with Gasteiger partial charge in [0.2, 0.25) is 0 Å². The van der Waals surface area contributed by atoms with E-state index in [-0.39, 0.29) is 55.9 Å². The van der Waals surface area contributed by atoms with Gasteiger partial charge in [-0.15, -0.1) is 0 Å². The smallest absolute Gasteiger partial charge is 0.419 e. The van der Waals surface area contributed by atoms with Crippen molar-refractivity contribution < 1.29 is 64.4 Å². The largest absolute Gasteiger partial charge is 0.492 e. The first-order valence-electron chi connectivity index (χ1n) is 14.8. The average molecular weight is 753 g/mol. The first kappa shape index (κ1) is 39.1. The number of carboxylic acids is 1. The van der Waals surface area contributed by atoms with E-state index in [9.17, 15) is 54.7 Å². The standard InChI is InChI=1S/C30H28F8N6O6S/c1-27(2)24(47)43(17-13-18(30(35,36)37)20(14-39)40-15-17)26(51)44(27)16-4-5-21(19(12-16)28(3,31)32)49-11-10-41-6-8-42(9-7-41)22(23(45)46)29(33,34)25(48)50-38/h4-5,12-13,15,22H,6-11H2,1-3H3,(H,45,46). The van der Waals surface area contributed by atoms with Crippen LogP contribution in [-0.4, -0.2) is 99.7 Å². The summed E-state index contributed by atoms with van der Waals surface area (Å²) in [4.78, 5) is 46.6. The van der Waals surface area contributed by atoms with Crippen LogP contribution in [-0.2, 0) is 31.4 Å². The molecule has 2 aliphatic rings. The summed E-state index contributed by atoms with van der Waals surface area (Å²) in [5.74, 6) is -14.0. The number of ether oxygens (including phenoxy) is 1. The number of nitrogens with zero attached hydrogens (tertiary/aromatic N) is 6. The van der Waals surface area contributed by atoms with Crippen molar-refractivity contribution in [1.29, 1.82) is 5.26 Å². The average Bonchev–Trinajstić information content (AvgIpc) is 3.22. The van der Waals surface area contributed by atoms with E-state index < -0.39 is 70.0 Å². The van der Waals surface area contributed by atoms with E-state index in [1.165, 1.54) is 36.9 Å². The van der Waals surface area contributed by atoms with Crippen molar-refractivity contribution >= 4 is 46.6 Å². The quantitative estimate of drug-likeness (QED) is 0.255. The molecule has 3 heterocycles. The highest BCUT2D eigenvalue weighted by molar-refractivity contribution is 7.81. The number of alkyl halides is 7. The Hall–Kier alpha value is -4.68. The van der Waals surface area contributed by atoms with Crippen molar-refractivity contribution in [3.8, 4) is 11.8 Å². The minimum Gasteiger partial charge on any atom is -0.492 e. The Morgan fingerprint density at radius 3 is 2.20 bits per heavy atom. The summed E-state index contributed by atoms with van der Waals surface area (Å²) < 4.78 is 117. The van der Waals surface area contributed by atoms with Gasteiger partial charge in [0.05, 0.1) is 23.0 Å². The van der Waals surface area contributed by atoms with E-state index in [2.05, 4.69) is 9.93 Å². The number of rotatable bonds is 11. The van der Waals surface area contributed by atoms with Gasteiger partial charge in [-0.1, -0.05) is 0 Å². The first-order chi connectivity index (χ1) is 23.6. The SMILES string of the molecule is CC(F)(F)c1cc(N2C(=S)N(c3cnc(C#N)c(C(F)(F)F)c3)C(=O)C2(C)C)ccc1OCCN1CCN(C(C(=O)O)C(F)(F)C(=O)OF)CC1. The molecule has 1 amide bonds. The van der Waals surface area contributed by atoms with Gasteiger partial charge in [-0.3, -0.25) is 24.3 Å². The van der Waals surface area contributed by atoms with E-state index in [4.69, 9.17) is 22.2 Å². The monoisotopic (exact) mass is 752 g/mol. The molecule has 2 aromatic rings. The molecule has 2 aliphatic heterocycles. The second-order valence-electron chi connectivity index (χ2n) is 12.0. The topological polar surface area (TPSA) is 140 Å². The highest BCUT2D eigenvalue weighted by Crippen LogP contribution is 2.42. The Morgan fingerprint density at radius 2 is 1.67 bits per heavy atom. The van der Waals surface area contributed by atoms with Gasteiger partial charge in [0.15, 0.2) is 16.8 Å². The number of anilines is 2. The number of carbonyl (C=O) groups is 3.